The number of esters is 2. The van der Waals surface area contributed by atoms with Gasteiger partial charge >= 0.3 is 11.9 Å². The number of rotatable bonds is 55. The molecule has 396 valence electrons. The summed E-state index contributed by atoms with van der Waals surface area (Å²) < 4.78 is 10.7. The van der Waals surface area contributed by atoms with Crippen molar-refractivity contribution in [1.29, 1.82) is 0 Å². The number of allylic oxidation sites excluding steroid dienone is 10. The molecular weight excluding hydrogens is 837 g/mol. The summed E-state index contributed by atoms with van der Waals surface area (Å²) >= 11 is 0. The van der Waals surface area contributed by atoms with Gasteiger partial charge in [0.15, 0.2) is 6.10 Å². The normalized spacial score (nSPS) is 12.6. The second-order valence-electron chi connectivity index (χ2n) is 20.0. The topological polar surface area (TPSA) is 72.8 Å². The third kappa shape index (κ3) is 56.2. The van der Waals surface area contributed by atoms with Crippen LogP contribution >= 0.6 is 0 Å². The van der Waals surface area contributed by atoms with Crippen LogP contribution in [0.25, 0.3) is 0 Å². The average molecular weight is 952 g/mol. The monoisotopic (exact) mass is 951 g/mol. The van der Waals surface area contributed by atoms with Gasteiger partial charge in [0.2, 0.25) is 0 Å². The van der Waals surface area contributed by atoms with E-state index in [-0.39, 0.29) is 25.2 Å². The second-order valence-corrected chi connectivity index (χ2v) is 20.0. The molecule has 0 aliphatic rings. The standard InChI is InChI=1S/C63H114O5/c1-3-5-7-9-11-13-15-17-19-21-23-24-25-26-27-28-29-30-31-32-33-34-35-36-37-38-40-41-43-45-47-49-51-53-55-57-62(65)67-60-61(59-64)68-63(66)58-56-54-52-50-48-46-44-42-39-22-20-18-16-14-12-10-8-6-4-2/h6,8,12,14,18,20-21,23,39,42,61,64H,3-5,7,9-11,13,15-17,19,22,24-38,40-41,43-60H2,1-2H3/b8-6-,14-12-,20-18-,23-21-,42-39-. The Hall–Kier alpha value is -2.40. The summed E-state index contributed by atoms with van der Waals surface area (Å²) in [4.78, 5) is 24.5. The summed E-state index contributed by atoms with van der Waals surface area (Å²) in [6.07, 6.45) is 79.4. The first kappa shape index (κ1) is 65.6. The summed E-state index contributed by atoms with van der Waals surface area (Å²) in [7, 11) is 0. The summed E-state index contributed by atoms with van der Waals surface area (Å²) in [5.74, 6) is -0.596. The highest BCUT2D eigenvalue weighted by atomic mass is 16.6. The molecule has 1 N–H and O–H groups in total. The molecule has 0 saturated carbocycles. The molecule has 0 spiro atoms. The molecule has 0 heterocycles. The van der Waals surface area contributed by atoms with Crippen LogP contribution in [0.3, 0.4) is 0 Å². The van der Waals surface area contributed by atoms with E-state index in [2.05, 4.69) is 74.6 Å². The number of hydrogen-bond acceptors (Lipinski definition) is 5. The molecule has 1 unspecified atom stereocenters. The molecule has 0 bridgehead atoms. The zero-order valence-corrected chi connectivity index (χ0v) is 45.4. The Morgan fingerprint density at radius 1 is 0.353 bits per heavy atom. The Morgan fingerprint density at radius 3 is 0.971 bits per heavy atom. The van der Waals surface area contributed by atoms with Gasteiger partial charge in [-0.2, -0.15) is 0 Å². The lowest BCUT2D eigenvalue weighted by molar-refractivity contribution is -0.161. The predicted octanol–water partition coefficient (Wildman–Crippen LogP) is 20.2. The first-order valence-electron chi connectivity index (χ1n) is 29.8. The highest BCUT2D eigenvalue weighted by molar-refractivity contribution is 5.70. The highest BCUT2D eigenvalue weighted by Crippen LogP contribution is 2.17. The fraction of sp³-hybridized carbons (Fsp3) is 0.810. The van der Waals surface area contributed by atoms with Crippen molar-refractivity contribution in [1.82, 2.24) is 0 Å². The average Bonchev–Trinajstić information content (AvgIpc) is 3.34. The molecule has 0 aromatic carbocycles. The van der Waals surface area contributed by atoms with Crippen LogP contribution in [0.2, 0.25) is 0 Å². The molecule has 0 aromatic rings. The van der Waals surface area contributed by atoms with Gasteiger partial charge in [-0.05, 0) is 77.0 Å². The van der Waals surface area contributed by atoms with Gasteiger partial charge in [0.05, 0.1) is 6.61 Å². The highest BCUT2D eigenvalue weighted by Gasteiger charge is 2.16. The van der Waals surface area contributed by atoms with Crippen LogP contribution in [0.5, 0.6) is 0 Å². The van der Waals surface area contributed by atoms with Gasteiger partial charge in [-0.15, -0.1) is 0 Å². The van der Waals surface area contributed by atoms with Gasteiger partial charge in [0.25, 0.3) is 0 Å². The van der Waals surface area contributed by atoms with E-state index in [0.717, 1.165) is 70.6 Å². The van der Waals surface area contributed by atoms with Crippen LogP contribution in [0, 0.1) is 0 Å². The minimum Gasteiger partial charge on any atom is -0.462 e. The fourth-order valence-corrected chi connectivity index (χ4v) is 8.84. The molecule has 5 nitrogen and oxygen atoms in total. The minimum absolute atomic E-state index is 0.0706. The molecule has 1 atom stereocenters. The molecule has 0 aromatic heterocycles. The van der Waals surface area contributed by atoms with Crippen molar-refractivity contribution in [2.75, 3.05) is 13.2 Å². The van der Waals surface area contributed by atoms with Gasteiger partial charge in [-0.25, -0.2) is 0 Å². The number of carbonyl (C=O) groups is 2. The molecule has 0 aliphatic heterocycles. The van der Waals surface area contributed by atoms with Crippen LogP contribution < -0.4 is 0 Å². The molecule has 68 heavy (non-hydrogen) atoms. The van der Waals surface area contributed by atoms with Gasteiger partial charge in [-0.1, -0.05) is 280 Å². The molecule has 0 rings (SSSR count). The molecule has 0 fully saturated rings. The van der Waals surface area contributed by atoms with Crippen molar-refractivity contribution >= 4 is 11.9 Å². The van der Waals surface area contributed by atoms with Crippen molar-refractivity contribution in [3.63, 3.8) is 0 Å². The third-order valence-corrected chi connectivity index (χ3v) is 13.3. The molecule has 0 amide bonds. The number of ether oxygens (including phenoxy) is 2. The van der Waals surface area contributed by atoms with Gasteiger partial charge in [0, 0.05) is 12.8 Å². The van der Waals surface area contributed by atoms with Crippen LogP contribution in [-0.2, 0) is 19.1 Å². The summed E-state index contributed by atoms with van der Waals surface area (Å²) in [6.45, 7) is 4.05. The first-order valence-corrected chi connectivity index (χ1v) is 29.8. The van der Waals surface area contributed by atoms with Crippen molar-refractivity contribution in [2.45, 2.75) is 315 Å². The Kier molecular flexibility index (Phi) is 56.8. The van der Waals surface area contributed by atoms with E-state index >= 15 is 0 Å². The molecule has 0 radical (unpaired) electrons. The summed E-state index contributed by atoms with van der Waals surface area (Å²) in [5.41, 5.74) is 0. The minimum atomic E-state index is -0.781. The van der Waals surface area contributed by atoms with Crippen LogP contribution in [0.15, 0.2) is 60.8 Å². The smallest absolute Gasteiger partial charge is 0.306 e. The second kappa shape index (κ2) is 58.9. The maximum Gasteiger partial charge on any atom is 0.306 e. The predicted molar refractivity (Wildman–Crippen MR) is 297 cm³/mol. The lowest BCUT2D eigenvalue weighted by Crippen LogP contribution is -2.28. The fourth-order valence-electron chi connectivity index (χ4n) is 8.84. The molecule has 0 aliphatic carbocycles. The third-order valence-electron chi connectivity index (χ3n) is 13.3. The van der Waals surface area contributed by atoms with E-state index < -0.39 is 6.10 Å². The van der Waals surface area contributed by atoms with Gasteiger partial charge < -0.3 is 14.6 Å². The van der Waals surface area contributed by atoms with Gasteiger partial charge in [0.1, 0.15) is 6.61 Å². The van der Waals surface area contributed by atoms with E-state index in [9.17, 15) is 14.7 Å². The number of hydrogen-bond donors (Lipinski definition) is 1. The van der Waals surface area contributed by atoms with Crippen molar-refractivity contribution in [3.05, 3.63) is 60.8 Å². The van der Waals surface area contributed by atoms with E-state index in [0.29, 0.717) is 12.8 Å². The van der Waals surface area contributed by atoms with Crippen LogP contribution in [-0.4, -0.2) is 36.4 Å². The number of carbonyl (C=O) groups excluding carboxylic acids is 2. The number of aliphatic hydroxyl groups excluding tert-OH is 1. The molecular formula is C63H114O5. The zero-order valence-electron chi connectivity index (χ0n) is 45.4. The molecule has 5 heteroatoms. The lowest BCUT2D eigenvalue weighted by Gasteiger charge is -2.15. The SMILES string of the molecule is CC/C=C\C/C=C\C/C=C\C/C=C\CCCCCCCCC(=O)OC(CO)COC(=O)CCCCCCCCCCCCCCCCCCCCCCCCC/C=C\CCCCCCCCCC. The van der Waals surface area contributed by atoms with Crippen molar-refractivity contribution in [3.8, 4) is 0 Å². The zero-order chi connectivity index (χ0) is 49.2. The first-order chi connectivity index (χ1) is 33.6. The largest absolute Gasteiger partial charge is 0.462 e. The van der Waals surface area contributed by atoms with Gasteiger partial charge in [-0.3, -0.25) is 9.59 Å². The Bertz CT molecular complexity index is 1170. The van der Waals surface area contributed by atoms with Crippen molar-refractivity contribution in [2.24, 2.45) is 0 Å². The van der Waals surface area contributed by atoms with Crippen LogP contribution in [0.4, 0.5) is 0 Å². The summed E-state index contributed by atoms with van der Waals surface area (Å²) in [5, 5.41) is 9.65. The van der Waals surface area contributed by atoms with E-state index in [4.69, 9.17) is 9.47 Å². The lowest BCUT2D eigenvalue weighted by atomic mass is 10.0. The summed E-state index contributed by atoms with van der Waals surface area (Å²) in [6, 6.07) is 0. The van der Waals surface area contributed by atoms with Crippen molar-refractivity contribution < 1.29 is 24.2 Å². The Morgan fingerprint density at radius 2 is 0.632 bits per heavy atom. The number of aliphatic hydroxyl groups is 1. The van der Waals surface area contributed by atoms with Crippen LogP contribution in [0.1, 0.15) is 309 Å². The maximum absolute atomic E-state index is 12.3. The number of unbranched alkanes of at least 4 members (excludes halogenated alkanes) is 37. The van der Waals surface area contributed by atoms with E-state index in [1.165, 1.54) is 212 Å². The Balaban J connectivity index is 3.42. The quantitative estimate of drug-likeness (QED) is 0.0374. The Labute approximate surface area is 423 Å². The molecule has 0 saturated heterocycles. The van der Waals surface area contributed by atoms with E-state index in [1.807, 2.05) is 0 Å². The maximum atomic E-state index is 12.3. The van der Waals surface area contributed by atoms with E-state index in [1.54, 1.807) is 0 Å².